The molecule has 0 radical (unpaired) electrons. The van der Waals surface area contributed by atoms with E-state index in [4.69, 9.17) is 15.5 Å². The molecule has 0 bridgehead atoms. The summed E-state index contributed by atoms with van der Waals surface area (Å²) in [5.74, 6) is 1.30. The second-order valence-corrected chi connectivity index (χ2v) is 10.5. The highest BCUT2D eigenvalue weighted by Gasteiger charge is 2.48. The molecule has 0 spiro atoms. The molecule has 2 fully saturated rings. The average molecular weight is 526 g/mol. The number of anilines is 2. The SMILES string of the molecule is COc1cncc(-c2cc3cc[nH]c(=O)c3c(Nc3ccc(C4CCN(C(=O)C5(N)CC5)CC4)c(C)c3)n2)n1. The Labute approximate surface area is 225 Å². The molecule has 3 aromatic heterocycles. The maximum Gasteiger partial charge on any atom is 0.259 e. The number of carbonyl (C=O) groups excluding carboxylic acids is 1. The number of ether oxygens (including phenoxy) is 1. The number of methoxy groups -OCH3 is 1. The van der Waals surface area contributed by atoms with E-state index in [1.807, 2.05) is 23.1 Å². The number of likely N-dealkylation sites (tertiary alicyclic amines) is 1. The van der Waals surface area contributed by atoms with Crippen LogP contribution in [-0.4, -0.2) is 56.5 Å². The van der Waals surface area contributed by atoms with E-state index in [-0.39, 0.29) is 11.5 Å². The van der Waals surface area contributed by atoms with Crippen LogP contribution in [0.2, 0.25) is 0 Å². The highest BCUT2D eigenvalue weighted by atomic mass is 16.5. The first-order valence-corrected chi connectivity index (χ1v) is 13.2. The molecule has 6 rings (SSSR count). The lowest BCUT2D eigenvalue weighted by Crippen LogP contribution is -2.48. The molecule has 0 unspecified atom stereocenters. The van der Waals surface area contributed by atoms with Crippen molar-refractivity contribution in [1.82, 2.24) is 24.8 Å². The van der Waals surface area contributed by atoms with Crippen molar-refractivity contribution >= 4 is 28.2 Å². The number of rotatable bonds is 6. The van der Waals surface area contributed by atoms with Crippen molar-refractivity contribution in [3.63, 3.8) is 0 Å². The number of carbonyl (C=O) groups is 1. The summed E-state index contributed by atoms with van der Waals surface area (Å²) in [7, 11) is 1.53. The highest BCUT2D eigenvalue weighted by molar-refractivity contribution is 5.95. The Morgan fingerprint density at radius 1 is 1.13 bits per heavy atom. The van der Waals surface area contributed by atoms with E-state index in [2.05, 4.69) is 39.3 Å². The summed E-state index contributed by atoms with van der Waals surface area (Å²) in [6.45, 7) is 3.57. The zero-order valence-electron chi connectivity index (χ0n) is 22.0. The first-order valence-electron chi connectivity index (χ1n) is 13.2. The minimum Gasteiger partial charge on any atom is -0.480 e. The Hall–Kier alpha value is -4.31. The highest BCUT2D eigenvalue weighted by Crippen LogP contribution is 2.37. The molecule has 0 atom stereocenters. The molecular weight excluding hydrogens is 494 g/mol. The van der Waals surface area contributed by atoms with Gasteiger partial charge in [0.15, 0.2) is 0 Å². The zero-order valence-corrected chi connectivity index (χ0v) is 22.0. The topological polar surface area (TPSA) is 139 Å². The van der Waals surface area contributed by atoms with Crippen molar-refractivity contribution in [3.8, 4) is 17.3 Å². The van der Waals surface area contributed by atoms with Crippen molar-refractivity contribution in [3.05, 3.63) is 70.4 Å². The predicted octanol–water partition coefficient (Wildman–Crippen LogP) is 3.64. The van der Waals surface area contributed by atoms with Gasteiger partial charge in [-0.1, -0.05) is 6.07 Å². The minimum absolute atomic E-state index is 0.106. The van der Waals surface area contributed by atoms with E-state index in [0.29, 0.717) is 34.4 Å². The van der Waals surface area contributed by atoms with Gasteiger partial charge in [0.1, 0.15) is 11.5 Å². The number of nitrogens with one attached hydrogen (secondary N) is 2. The van der Waals surface area contributed by atoms with Crippen LogP contribution < -0.4 is 21.3 Å². The zero-order chi connectivity index (χ0) is 27.1. The predicted molar refractivity (Wildman–Crippen MR) is 149 cm³/mol. The number of fused-ring (bicyclic) bond motifs is 1. The van der Waals surface area contributed by atoms with Gasteiger partial charge in [0.05, 0.1) is 36.1 Å². The Morgan fingerprint density at radius 3 is 2.64 bits per heavy atom. The molecule has 4 heterocycles. The van der Waals surface area contributed by atoms with Crippen LogP contribution in [0.25, 0.3) is 22.2 Å². The smallest absolute Gasteiger partial charge is 0.259 e. The number of aromatic amines is 1. The number of aryl methyl sites for hydroxylation is 1. The Kier molecular flexibility index (Phi) is 6.26. The molecule has 4 aromatic rings. The fraction of sp³-hybridized carbons (Fsp3) is 0.345. The van der Waals surface area contributed by atoms with Gasteiger partial charge in [-0.25, -0.2) is 9.97 Å². The summed E-state index contributed by atoms with van der Waals surface area (Å²) >= 11 is 0. The van der Waals surface area contributed by atoms with Crippen molar-refractivity contribution in [2.75, 3.05) is 25.5 Å². The molecule has 1 aliphatic heterocycles. The molecule has 1 aromatic carbocycles. The van der Waals surface area contributed by atoms with Crippen molar-refractivity contribution in [2.24, 2.45) is 5.73 Å². The van der Waals surface area contributed by atoms with Gasteiger partial charge >= 0.3 is 0 Å². The van der Waals surface area contributed by atoms with Crippen molar-refractivity contribution in [1.29, 1.82) is 0 Å². The number of piperidine rings is 1. The van der Waals surface area contributed by atoms with E-state index < -0.39 is 5.54 Å². The number of pyridine rings is 2. The number of nitrogens with two attached hydrogens (primary N) is 1. The molecule has 39 heavy (non-hydrogen) atoms. The van der Waals surface area contributed by atoms with Crippen molar-refractivity contribution in [2.45, 2.75) is 44.1 Å². The third-order valence-corrected chi connectivity index (χ3v) is 7.81. The van der Waals surface area contributed by atoms with Gasteiger partial charge in [0.2, 0.25) is 11.8 Å². The summed E-state index contributed by atoms with van der Waals surface area (Å²) < 4.78 is 5.22. The second-order valence-electron chi connectivity index (χ2n) is 10.5. The second kappa shape index (κ2) is 9.77. The summed E-state index contributed by atoms with van der Waals surface area (Å²) in [4.78, 5) is 43.5. The summed E-state index contributed by atoms with van der Waals surface area (Å²) in [5.41, 5.74) is 9.66. The van der Waals surface area contributed by atoms with E-state index in [1.165, 1.54) is 18.9 Å². The van der Waals surface area contributed by atoms with Crippen LogP contribution in [0.5, 0.6) is 5.88 Å². The molecule has 1 saturated carbocycles. The number of hydrogen-bond donors (Lipinski definition) is 3. The number of hydrogen-bond acceptors (Lipinski definition) is 8. The van der Waals surface area contributed by atoms with Gasteiger partial charge < -0.3 is 25.7 Å². The minimum atomic E-state index is -0.605. The number of amides is 1. The van der Waals surface area contributed by atoms with Crippen molar-refractivity contribution < 1.29 is 9.53 Å². The molecule has 1 saturated heterocycles. The van der Waals surface area contributed by atoms with Crippen LogP contribution in [-0.2, 0) is 4.79 Å². The van der Waals surface area contributed by atoms with E-state index in [0.717, 1.165) is 55.4 Å². The summed E-state index contributed by atoms with van der Waals surface area (Å²) in [6, 6.07) is 9.88. The number of H-pyrrole nitrogens is 1. The molecule has 4 N–H and O–H groups in total. The number of benzene rings is 1. The lowest BCUT2D eigenvalue weighted by Gasteiger charge is -2.34. The normalized spacial score (nSPS) is 16.7. The molecule has 2 aliphatic rings. The fourth-order valence-corrected chi connectivity index (χ4v) is 5.41. The molecule has 1 aliphatic carbocycles. The maximum atomic E-state index is 12.8. The summed E-state index contributed by atoms with van der Waals surface area (Å²) in [6.07, 6.45) is 8.19. The molecule has 1 amide bonds. The quantitative estimate of drug-likeness (QED) is 0.347. The Balaban J connectivity index is 1.26. The van der Waals surface area contributed by atoms with Crippen LogP contribution in [0.3, 0.4) is 0 Å². The van der Waals surface area contributed by atoms with Gasteiger partial charge in [-0.3, -0.25) is 14.6 Å². The standard InChI is InChI=1S/C29H31N7O3/c1-17-13-20(3-4-21(17)18-6-11-36(12-7-18)28(38)29(30)8-9-29)33-26-25-19(5-10-32-27(25)37)14-22(35-26)23-15-31-16-24(34-23)39-2/h3-5,10,13-16,18H,6-9,11-12,30H2,1-2H3,(H,32,37)(H,33,35). The fourth-order valence-electron chi connectivity index (χ4n) is 5.41. The first-order chi connectivity index (χ1) is 18.8. The van der Waals surface area contributed by atoms with Crippen LogP contribution >= 0.6 is 0 Å². The Morgan fingerprint density at radius 2 is 1.92 bits per heavy atom. The van der Waals surface area contributed by atoms with Gasteiger partial charge in [0.25, 0.3) is 5.56 Å². The third kappa shape index (κ3) is 4.83. The van der Waals surface area contributed by atoms with E-state index >= 15 is 0 Å². The molecular formula is C29H31N7O3. The van der Waals surface area contributed by atoms with Gasteiger partial charge in [0, 0.05) is 25.0 Å². The molecule has 10 nitrogen and oxygen atoms in total. The monoisotopic (exact) mass is 525 g/mol. The first kappa shape index (κ1) is 25.0. The number of aromatic nitrogens is 4. The van der Waals surface area contributed by atoms with E-state index in [9.17, 15) is 9.59 Å². The van der Waals surface area contributed by atoms with Crippen LogP contribution in [0.15, 0.2) is 53.7 Å². The molecule has 200 valence electrons. The third-order valence-electron chi connectivity index (χ3n) is 7.81. The lowest BCUT2D eigenvalue weighted by atomic mass is 9.86. The summed E-state index contributed by atoms with van der Waals surface area (Å²) in [5, 5.41) is 4.56. The van der Waals surface area contributed by atoms with Crippen LogP contribution in [0.4, 0.5) is 11.5 Å². The maximum absolute atomic E-state index is 12.8. The largest absolute Gasteiger partial charge is 0.480 e. The average Bonchev–Trinajstić information content (AvgIpc) is 3.71. The van der Waals surface area contributed by atoms with Crippen LogP contribution in [0, 0.1) is 6.92 Å². The number of nitrogens with zero attached hydrogens (tertiary/aromatic N) is 4. The lowest BCUT2D eigenvalue weighted by molar-refractivity contribution is -0.134. The van der Waals surface area contributed by atoms with Gasteiger partial charge in [-0.2, -0.15) is 0 Å². The van der Waals surface area contributed by atoms with Gasteiger partial charge in [-0.15, -0.1) is 0 Å². The Bertz CT molecular complexity index is 1620. The van der Waals surface area contributed by atoms with Crippen LogP contribution in [0.1, 0.15) is 42.7 Å². The molecule has 10 heteroatoms. The van der Waals surface area contributed by atoms with E-state index in [1.54, 1.807) is 12.4 Å². The van der Waals surface area contributed by atoms with Gasteiger partial charge in [-0.05, 0) is 79.3 Å².